The molecule has 16 heavy (non-hydrogen) atoms. The van der Waals surface area contributed by atoms with Crippen molar-refractivity contribution in [3.05, 3.63) is 0 Å². The molecule has 0 aromatic heterocycles. The second kappa shape index (κ2) is 5.67. The molecule has 1 unspecified atom stereocenters. The van der Waals surface area contributed by atoms with E-state index in [0.29, 0.717) is 18.4 Å². The molecule has 0 saturated carbocycles. The number of carbonyl (C=O) groups is 1. The molecule has 1 aliphatic rings. The first-order valence-electron chi connectivity index (χ1n) is 6.32. The lowest BCUT2D eigenvalue weighted by molar-refractivity contribution is -0.158. The van der Waals surface area contributed by atoms with Gasteiger partial charge in [0.1, 0.15) is 0 Å². The van der Waals surface area contributed by atoms with Crippen LogP contribution in [-0.2, 0) is 9.53 Å². The van der Waals surface area contributed by atoms with Crippen LogP contribution >= 0.6 is 0 Å². The molecule has 0 aromatic carbocycles. The smallest absolute Gasteiger partial charge is 0.311 e. The van der Waals surface area contributed by atoms with Crippen LogP contribution in [0.15, 0.2) is 0 Å². The summed E-state index contributed by atoms with van der Waals surface area (Å²) in [6.07, 6.45) is 2.28. The topological polar surface area (TPSA) is 38.3 Å². The molecular weight excluding hydrogens is 202 g/mol. The van der Waals surface area contributed by atoms with E-state index in [1.807, 2.05) is 13.8 Å². The number of carbonyl (C=O) groups excluding carboxylic acids is 1. The van der Waals surface area contributed by atoms with E-state index in [1.165, 1.54) is 0 Å². The summed E-state index contributed by atoms with van der Waals surface area (Å²) in [5.74, 6) is 0.764. The summed E-state index contributed by atoms with van der Waals surface area (Å²) in [4.78, 5) is 12.0. The van der Waals surface area contributed by atoms with Gasteiger partial charge in [-0.1, -0.05) is 13.8 Å². The fraction of sp³-hybridized carbons (Fsp3) is 0.923. The van der Waals surface area contributed by atoms with Crippen LogP contribution in [0.3, 0.4) is 0 Å². The summed E-state index contributed by atoms with van der Waals surface area (Å²) in [5, 5.41) is 3.35. The third-order valence-electron chi connectivity index (χ3n) is 3.39. The van der Waals surface area contributed by atoms with E-state index in [0.717, 1.165) is 25.9 Å². The molecule has 0 aliphatic carbocycles. The van der Waals surface area contributed by atoms with E-state index in [2.05, 4.69) is 19.2 Å². The second-order valence-corrected chi connectivity index (χ2v) is 5.76. The lowest BCUT2D eigenvalue weighted by Crippen LogP contribution is -2.43. The SMILES string of the molecule is CC(C)COC(=O)C(C)(C)C1CCCNC1. The van der Waals surface area contributed by atoms with Crippen molar-refractivity contribution in [2.24, 2.45) is 17.3 Å². The summed E-state index contributed by atoms with van der Waals surface area (Å²) < 4.78 is 5.35. The highest BCUT2D eigenvalue weighted by atomic mass is 16.5. The fourth-order valence-corrected chi connectivity index (χ4v) is 2.06. The minimum absolute atomic E-state index is 0.0464. The van der Waals surface area contributed by atoms with Gasteiger partial charge in [-0.05, 0) is 51.6 Å². The maximum atomic E-state index is 12.0. The monoisotopic (exact) mass is 227 g/mol. The van der Waals surface area contributed by atoms with E-state index in [9.17, 15) is 4.79 Å². The molecule has 0 amide bonds. The van der Waals surface area contributed by atoms with E-state index >= 15 is 0 Å². The second-order valence-electron chi connectivity index (χ2n) is 5.76. The highest BCUT2D eigenvalue weighted by Gasteiger charge is 2.38. The van der Waals surface area contributed by atoms with Crippen molar-refractivity contribution in [3.63, 3.8) is 0 Å². The van der Waals surface area contributed by atoms with Gasteiger partial charge in [-0.2, -0.15) is 0 Å². The molecule has 1 aliphatic heterocycles. The standard InChI is InChI=1S/C13H25NO2/c1-10(2)9-16-12(15)13(3,4)11-6-5-7-14-8-11/h10-11,14H,5-9H2,1-4H3. The van der Waals surface area contributed by atoms with Gasteiger partial charge in [0.25, 0.3) is 0 Å². The Morgan fingerprint density at radius 1 is 1.50 bits per heavy atom. The van der Waals surface area contributed by atoms with Gasteiger partial charge in [0.15, 0.2) is 0 Å². The van der Waals surface area contributed by atoms with E-state index in [-0.39, 0.29) is 11.4 Å². The van der Waals surface area contributed by atoms with E-state index in [1.54, 1.807) is 0 Å². The van der Waals surface area contributed by atoms with E-state index < -0.39 is 0 Å². The number of rotatable bonds is 4. The average Bonchev–Trinajstić information content (AvgIpc) is 2.27. The van der Waals surface area contributed by atoms with Gasteiger partial charge < -0.3 is 10.1 Å². The van der Waals surface area contributed by atoms with Crippen molar-refractivity contribution in [2.75, 3.05) is 19.7 Å². The molecule has 0 aromatic rings. The third-order valence-corrected chi connectivity index (χ3v) is 3.39. The lowest BCUT2D eigenvalue weighted by atomic mass is 9.75. The number of esters is 1. The quantitative estimate of drug-likeness (QED) is 0.748. The first-order valence-corrected chi connectivity index (χ1v) is 6.32. The Hall–Kier alpha value is -0.570. The maximum Gasteiger partial charge on any atom is 0.311 e. The molecule has 0 bridgehead atoms. The van der Waals surface area contributed by atoms with Gasteiger partial charge in [0, 0.05) is 0 Å². The summed E-state index contributed by atoms with van der Waals surface area (Å²) in [7, 11) is 0. The van der Waals surface area contributed by atoms with Gasteiger partial charge in [0.2, 0.25) is 0 Å². The zero-order chi connectivity index (χ0) is 12.2. The number of hydrogen-bond acceptors (Lipinski definition) is 3. The zero-order valence-corrected chi connectivity index (χ0v) is 11.0. The summed E-state index contributed by atoms with van der Waals surface area (Å²) in [6.45, 7) is 10.7. The minimum Gasteiger partial charge on any atom is -0.465 e. The van der Waals surface area contributed by atoms with Gasteiger partial charge >= 0.3 is 5.97 Å². The average molecular weight is 227 g/mol. The summed E-state index contributed by atoms with van der Waals surface area (Å²) in [6, 6.07) is 0. The molecule has 1 atom stereocenters. The summed E-state index contributed by atoms with van der Waals surface area (Å²) in [5.41, 5.74) is -0.359. The number of ether oxygens (including phenoxy) is 1. The molecule has 94 valence electrons. The molecule has 3 heteroatoms. The first-order chi connectivity index (χ1) is 7.44. The predicted octanol–water partition coefficient (Wildman–Crippen LogP) is 2.21. The summed E-state index contributed by atoms with van der Waals surface area (Å²) >= 11 is 0. The Morgan fingerprint density at radius 2 is 2.19 bits per heavy atom. The van der Waals surface area contributed by atoms with Crippen LogP contribution in [-0.4, -0.2) is 25.7 Å². The minimum atomic E-state index is -0.359. The Balaban J connectivity index is 2.50. The zero-order valence-electron chi connectivity index (χ0n) is 11.0. The molecule has 1 fully saturated rings. The van der Waals surface area contributed by atoms with Crippen LogP contribution < -0.4 is 5.32 Å². The lowest BCUT2D eigenvalue weighted by Gasteiger charge is -2.35. The van der Waals surface area contributed by atoms with Crippen molar-refractivity contribution in [1.82, 2.24) is 5.32 Å². The predicted molar refractivity (Wildman–Crippen MR) is 65.2 cm³/mol. The molecule has 3 nitrogen and oxygen atoms in total. The van der Waals surface area contributed by atoms with Crippen molar-refractivity contribution in [1.29, 1.82) is 0 Å². The normalized spacial score (nSPS) is 22.2. The van der Waals surface area contributed by atoms with E-state index in [4.69, 9.17) is 4.74 Å². The Morgan fingerprint density at radius 3 is 2.69 bits per heavy atom. The van der Waals surface area contributed by atoms with Crippen molar-refractivity contribution < 1.29 is 9.53 Å². The largest absolute Gasteiger partial charge is 0.465 e. The first kappa shape index (κ1) is 13.5. The maximum absolute atomic E-state index is 12.0. The molecule has 1 saturated heterocycles. The highest BCUT2D eigenvalue weighted by Crippen LogP contribution is 2.33. The van der Waals surface area contributed by atoms with Crippen LogP contribution in [0.5, 0.6) is 0 Å². The van der Waals surface area contributed by atoms with Gasteiger partial charge in [-0.3, -0.25) is 4.79 Å². The molecule has 1 rings (SSSR count). The van der Waals surface area contributed by atoms with Crippen molar-refractivity contribution >= 4 is 5.97 Å². The Bertz CT molecular complexity index is 230. The van der Waals surface area contributed by atoms with Crippen LogP contribution in [0.1, 0.15) is 40.5 Å². The van der Waals surface area contributed by atoms with Crippen molar-refractivity contribution in [2.45, 2.75) is 40.5 Å². The fourth-order valence-electron chi connectivity index (χ4n) is 2.06. The highest BCUT2D eigenvalue weighted by molar-refractivity contribution is 5.76. The van der Waals surface area contributed by atoms with Crippen LogP contribution in [0.4, 0.5) is 0 Å². The molecule has 0 spiro atoms. The van der Waals surface area contributed by atoms with Crippen LogP contribution in [0.2, 0.25) is 0 Å². The van der Waals surface area contributed by atoms with Gasteiger partial charge in [-0.25, -0.2) is 0 Å². The van der Waals surface area contributed by atoms with Crippen LogP contribution in [0, 0.1) is 17.3 Å². The van der Waals surface area contributed by atoms with Gasteiger partial charge in [-0.15, -0.1) is 0 Å². The third kappa shape index (κ3) is 3.48. The molecule has 1 N–H and O–H groups in total. The number of piperidine rings is 1. The molecule has 1 heterocycles. The Kier molecular flexibility index (Phi) is 4.78. The molecular formula is C13H25NO2. The van der Waals surface area contributed by atoms with Crippen molar-refractivity contribution in [3.8, 4) is 0 Å². The number of hydrogen-bond donors (Lipinski definition) is 1. The van der Waals surface area contributed by atoms with Gasteiger partial charge in [0.05, 0.1) is 12.0 Å². The number of nitrogens with one attached hydrogen (secondary N) is 1. The Labute approximate surface area is 98.9 Å². The molecule has 0 radical (unpaired) electrons. The van der Waals surface area contributed by atoms with Crippen LogP contribution in [0.25, 0.3) is 0 Å².